The van der Waals surface area contributed by atoms with Crippen LogP contribution in [0.3, 0.4) is 0 Å². The number of nitrogens with zero attached hydrogens (tertiary/aromatic N) is 2. The number of pyridine rings is 1. The summed E-state index contributed by atoms with van der Waals surface area (Å²) in [5.74, 6) is 0.970. The van der Waals surface area contributed by atoms with Crippen LogP contribution in [0.1, 0.15) is 100 Å². The van der Waals surface area contributed by atoms with Crippen molar-refractivity contribution >= 4 is 29.1 Å². The lowest BCUT2D eigenvalue weighted by atomic mass is 9.96. The van der Waals surface area contributed by atoms with E-state index in [4.69, 9.17) is 42.9 Å². The number of aliphatic hydroxyl groups is 3. The van der Waals surface area contributed by atoms with Crippen LogP contribution in [0.2, 0.25) is 10.0 Å². The number of hydrogen-bond donors (Lipinski definition) is 3. The van der Waals surface area contributed by atoms with E-state index in [9.17, 15) is 9.90 Å². The molecule has 3 N–H and O–H groups in total. The van der Waals surface area contributed by atoms with E-state index in [1.54, 1.807) is 0 Å². The van der Waals surface area contributed by atoms with Gasteiger partial charge in [0.15, 0.2) is 0 Å². The van der Waals surface area contributed by atoms with Gasteiger partial charge < -0.3 is 29.7 Å². The summed E-state index contributed by atoms with van der Waals surface area (Å²) in [6.07, 6.45) is 14.5. The molecule has 0 saturated heterocycles. The van der Waals surface area contributed by atoms with Crippen LogP contribution in [0.5, 0.6) is 5.75 Å². The molecule has 272 valence electrons. The minimum atomic E-state index is -0.784. The number of halogens is 2. The Labute approximate surface area is 306 Å². The summed E-state index contributed by atoms with van der Waals surface area (Å²) in [5, 5.41) is 29.1. The van der Waals surface area contributed by atoms with Gasteiger partial charge in [0.25, 0.3) is 0 Å². The second-order valence-electron chi connectivity index (χ2n) is 13.8. The molecule has 2 aliphatic rings. The molecule has 0 bridgehead atoms. The average Bonchev–Trinajstić information content (AvgIpc) is 4.07. The van der Waals surface area contributed by atoms with Crippen LogP contribution >= 0.6 is 23.2 Å². The Kier molecular flexibility index (Phi) is 14.8. The van der Waals surface area contributed by atoms with Crippen molar-refractivity contribution < 1.29 is 29.6 Å². The number of carbonyl (C=O) groups is 1. The second-order valence-corrected chi connectivity index (χ2v) is 14.6. The number of aliphatic hydroxyl groups excluding tert-OH is 3. The number of amides is 1. The minimum absolute atomic E-state index is 0.0744. The summed E-state index contributed by atoms with van der Waals surface area (Å²) in [4.78, 5) is 19.4. The van der Waals surface area contributed by atoms with Gasteiger partial charge >= 0.3 is 0 Å². The molecule has 2 aromatic carbocycles. The summed E-state index contributed by atoms with van der Waals surface area (Å²) < 4.78 is 12.9. The fourth-order valence-corrected chi connectivity index (χ4v) is 6.91. The van der Waals surface area contributed by atoms with Crippen molar-refractivity contribution in [2.45, 2.75) is 114 Å². The number of aryl methyl sites for hydroxylation is 1. The normalized spacial score (nSPS) is 15.5. The SMILES string of the molecule is O=C(CCCC(O)CO)N(CCCCCCO)CCCCc1cc(Cl)c(COC2(c3cnccc3-c3ccccc3OC3CC3)CC2)cc1Cl. The van der Waals surface area contributed by atoms with E-state index in [0.717, 1.165) is 104 Å². The van der Waals surface area contributed by atoms with Gasteiger partial charge in [-0.1, -0.05) is 54.2 Å². The Morgan fingerprint density at radius 1 is 0.920 bits per heavy atom. The standard InChI is InChI=1S/C40H52Cl2N2O6/c41-36-25-30(28-49-40(18-19-40)35-26-43-20-17-33(35)34-12-3-4-13-38(34)50-32-15-16-32)37(42)24-29(36)10-5-7-22-44(21-6-1-2-8-23-45)39(48)14-9-11-31(47)27-46/h3-4,12-13,17,20,24-26,31-32,45-47H,1-2,5-11,14-16,18-19,21-23,27-28H2. The zero-order valence-corrected chi connectivity index (χ0v) is 30.5. The molecule has 8 nitrogen and oxygen atoms in total. The Hall–Kier alpha value is -2.72. The van der Waals surface area contributed by atoms with Crippen LogP contribution in [0, 0.1) is 0 Å². The first-order valence-corrected chi connectivity index (χ1v) is 19.1. The smallest absolute Gasteiger partial charge is 0.222 e. The van der Waals surface area contributed by atoms with Gasteiger partial charge in [-0.05, 0) is 112 Å². The number of aromatic nitrogens is 1. The van der Waals surface area contributed by atoms with Gasteiger partial charge in [-0.25, -0.2) is 0 Å². The predicted octanol–water partition coefficient (Wildman–Crippen LogP) is 8.03. The lowest BCUT2D eigenvalue weighted by Crippen LogP contribution is -2.33. The number of para-hydroxylation sites is 1. The van der Waals surface area contributed by atoms with Gasteiger partial charge in [0.2, 0.25) is 5.91 Å². The first-order valence-electron chi connectivity index (χ1n) is 18.3. The van der Waals surface area contributed by atoms with Crippen molar-refractivity contribution in [2.75, 3.05) is 26.3 Å². The highest BCUT2D eigenvalue weighted by atomic mass is 35.5. The van der Waals surface area contributed by atoms with E-state index in [1.807, 2.05) is 53.7 Å². The third-order valence-electron chi connectivity index (χ3n) is 9.68. The van der Waals surface area contributed by atoms with Crippen molar-refractivity contribution in [3.05, 3.63) is 81.6 Å². The van der Waals surface area contributed by atoms with Crippen molar-refractivity contribution in [3.8, 4) is 16.9 Å². The van der Waals surface area contributed by atoms with Crippen molar-refractivity contribution in [1.82, 2.24) is 9.88 Å². The van der Waals surface area contributed by atoms with Gasteiger partial charge in [0, 0.05) is 59.7 Å². The molecule has 1 atom stereocenters. The zero-order valence-electron chi connectivity index (χ0n) is 29.0. The van der Waals surface area contributed by atoms with Gasteiger partial charge in [-0.3, -0.25) is 9.78 Å². The van der Waals surface area contributed by atoms with Crippen molar-refractivity contribution in [2.24, 2.45) is 0 Å². The first kappa shape index (κ1) is 38.5. The molecule has 0 radical (unpaired) electrons. The molecule has 2 saturated carbocycles. The maximum Gasteiger partial charge on any atom is 0.222 e. The molecule has 1 heterocycles. The Morgan fingerprint density at radius 3 is 2.38 bits per heavy atom. The molecule has 3 aromatic rings. The van der Waals surface area contributed by atoms with E-state index in [2.05, 4.69) is 11.1 Å². The van der Waals surface area contributed by atoms with E-state index in [0.29, 0.717) is 55.1 Å². The maximum absolute atomic E-state index is 13.0. The number of ether oxygens (including phenoxy) is 2. The number of carbonyl (C=O) groups excluding carboxylic acids is 1. The Balaban J connectivity index is 1.15. The average molecular weight is 728 g/mol. The molecular formula is C40H52Cl2N2O6. The number of hydrogen-bond acceptors (Lipinski definition) is 7. The monoisotopic (exact) mass is 726 g/mol. The van der Waals surface area contributed by atoms with Crippen LogP contribution in [0.4, 0.5) is 0 Å². The number of rotatable bonds is 23. The largest absolute Gasteiger partial charge is 0.490 e. The summed E-state index contributed by atoms with van der Waals surface area (Å²) in [6.45, 7) is 1.56. The van der Waals surface area contributed by atoms with Crippen LogP contribution in [0.25, 0.3) is 11.1 Å². The first-order chi connectivity index (χ1) is 24.3. The minimum Gasteiger partial charge on any atom is -0.490 e. The fraction of sp³-hybridized carbons (Fsp3) is 0.550. The van der Waals surface area contributed by atoms with Crippen molar-refractivity contribution in [3.63, 3.8) is 0 Å². The number of unbranched alkanes of at least 4 members (excludes halogenated alkanes) is 4. The fourth-order valence-electron chi connectivity index (χ4n) is 6.39. The summed E-state index contributed by atoms with van der Waals surface area (Å²) in [7, 11) is 0. The molecule has 1 unspecified atom stereocenters. The molecule has 1 amide bonds. The predicted molar refractivity (Wildman–Crippen MR) is 198 cm³/mol. The summed E-state index contributed by atoms with van der Waals surface area (Å²) in [5.41, 5.74) is 4.58. The summed E-state index contributed by atoms with van der Waals surface area (Å²) in [6, 6.07) is 14.1. The van der Waals surface area contributed by atoms with Crippen LogP contribution in [-0.2, 0) is 28.2 Å². The Morgan fingerprint density at radius 2 is 1.64 bits per heavy atom. The quantitative estimate of drug-likeness (QED) is 0.0849. The second kappa shape index (κ2) is 19.2. The van der Waals surface area contributed by atoms with E-state index >= 15 is 0 Å². The van der Waals surface area contributed by atoms with Crippen LogP contribution in [-0.4, -0.2) is 69.6 Å². The summed E-state index contributed by atoms with van der Waals surface area (Å²) >= 11 is 13.6. The Bertz CT molecular complexity index is 1530. The molecule has 5 rings (SSSR count). The highest BCUT2D eigenvalue weighted by Crippen LogP contribution is 2.53. The molecule has 1 aromatic heterocycles. The third-order valence-corrected chi connectivity index (χ3v) is 10.4. The molecule has 2 fully saturated rings. The van der Waals surface area contributed by atoms with Gasteiger partial charge in [0.05, 0.1) is 31.0 Å². The molecule has 50 heavy (non-hydrogen) atoms. The zero-order chi connectivity index (χ0) is 35.3. The molecular weight excluding hydrogens is 675 g/mol. The topological polar surface area (TPSA) is 112 Å². The number of benzene rings is 2. The highest BCUT2D eigenvalue weighted by Gasteiger charge is 2.48. The molecule has 0 aliphatic heterocycles. The van der Waals surface area contributed by atoms with Gasteiger partial charge in [0.1, 0.15) is 5.75 Å². The third kappa shape index (κ3) is 11.1. The van der Waals surface area contributed by atoms with E-state index in [-0.39, 0.29) is 19.1 Å². The molecule has 10 heteroatoms. The van der Waals surface area contributed by atoms with Gasteiger partial charge in [-0.2, -0.15) is 0 Å². The van der Waals surface area contributed by atoms with E-state index in [1.165, 1.54) is 0 Å². The maximum atomic E-state index is 13.0. The highest BCUT2D eigenvalue weighted by molar-refractivity contribution is 6.34. The van der Waals surface area contributed by atoms with Crippen LogP contribution < -0.4 is 4.74 Å². The molecule has 0 spiro atoms. The lowest BCUT2D eigenvalue weighted by molar-refractivity contribution is -0.131. The van der Waals surface area contributed by atoms with Gasteiger partial charge in [-0.15, -0.1) is 0 Å². The van der Waals surface area contributed by atoms with E-state index < -0.39 is 11.7 Å². The van der Waals surface area contributed by atoms with Crippen molar-refractivity contribution in [1.29, 1.82) is 0 Å². The molecule has 2 aliphatic carbocycles. The van der Waals surface area contributed by atoms with Crippen LogP contribution in [0.15, 0.2) is 54.9 Å². The lowest BCUT2D eigenvalue weighted by Gasteiger charge is -2.23.